The molecule has 0 spiro atoms. The molecule has 0 atom stereocenters. The fraction of sp³-hybridized carbons (Fsp3) is 0.778. The lowest BCUT2D eigenvalue weighted by atomic mass is 10.3. The normalized spacial score (nSPS) is 15.5. The molecule has 0 heterocycles. The van der Waals surface area contributed by atoms with Gasteiger partial charge in [-0.2, -0.15) is 0 Å². The van der Waals surface area contributed by atoms with Gasteiger partial charge in [-0.05, 0) is 19.3 Å². The summed E-state index contributed by atoms with van der Waals surface area (Å²) in [5.74, 6) is 0.0943. The Labute approximate surface area is 84.3 Å². The van der Waals surface area contributed by atoms with Crippen molar-refractivity contribution in [3.63, 3.8) is 0 Å². The topological polar surface area (TPSA) is 46.3 Å². The fourth-order valence-electron chi connectivity index (χ4n) is 1.39. The molecular formula is C9H16N2OS. The predicted molar refractivity (Wildman–Crippen MR) is 56.4 cm³/mol. The molecule has 1 amide bonds. The third-order valence-corrected chi connectivity index (χ3v) is 2.24. The smallest absolute Gasteiger partial charge is 0.229 e. The molecule has 0 saturated heterocycles. The summed E-state index contributed by atoms with van der Waals surface area (Å²) in [6.07, 6.45) is 3.51. The van der Waals surface area contributed by atoms with Crippen molar-refractivity contribution >= 4 is 23.1 Å². The molecule has 0 aromatic rings. The summed E-state index contributed by atoms with van der Waals surface area (Å²) in [7, 11) is 0. The summed E-state index contributed by atoms with van der Waals surface area (Å²) in [5.41, 5.74) is 5.33. The summed E-state index contributed by atoms with van der Waals surface area (Å²) in [5, 5.41) is 0. The first-order chi connectivity index (χ1) is 6.15. The van der Waals surface area contributed by atoms with E-state index in [1.165, 1.54) is 0 Å². The van der Waals surface area contributed by atoms with Gasteiger partial charge >= 0.3 is 0 Å². The number of rotatable bonds is 5. The molecule has 1 aliphatic rings. The summed E-state index contributed by atoms with van der Waals surface area (Å²) >= 11 is 4.71. The van der Waals surface area contributed by atoms with E-state index in [2.05, 4.69) is 6.92 Å². The molecule has 3 nitrogen and oxygen atoms in total. The van der Waals surface area contributed by atoms with Crippen LogP contribution in [-0.2, 0) is 4.79 Å². The second-order valence-corrected chi connectivity index (χ2v) is 3.99. The third-order valence-electron chi connectivity index (χ3n) is 2.10. The van der Waals surface area contributed by atoms with Crippen molar-refractivity contribution in [1.82, 2.24) is 4.90 Å². The quantitative estimate of drug-likeness (QED) is 0.675. The molecule has 2 N–H and O–H groups in total. The zero-order valence-electron chi connectivity index (χ0n) is 7.95. The minimum atomic E-state index is 0.0943. The Balaban J connectivity index is 2.43. The minimum absolute atomic E-state index is 0.0943. The molecule has 0 radical (unpaired) electrons. The minimum Gasteiger partial charge on any atom is -0.393 e. The average molecular weight is 200 g/mol. The summed E-state index contributed by atoms with van der Waals surface area (Å²) in [4.78, 5) is 13.8. The zero-order valence-corrected chi connectivity index (χ0v) is 8.77. The maximum Gasteiger partial charge on any atom is 0.229 e. The highest BCUT2D eigenvalue weighted by Crippen LogP contribution is 2.27. The number of carbonyl (C=O) groups excluding carboxylic acids is 1. The molecule has 0 aliphatic heterocycles. The largest absolute Gasteiger partial charge is 0.393 e. The van der Waals surface area contributed by atoms with Crippen molar-refractivity contribution in [2.75, 3.05) is 6.54 Å². The van der Waals surface area contributed by atoms with E-state index in [1.807, 2.05) is 4.90 Å². The summed E-state index contributed by atoms with van der Waals surface area (Å²) < 4.78 is 0. The van der Waals surface area contributed by atoms with Crippen LogP contribution in [0.25, 0.3) is 0 Å². The number of hydrogen-bond acceptors (Lipinski definition) is 2. The van der Waals surface area contributed by atoms with Crippen LogP contribution in [0.3, 0.4) is 0 Å². The van der Waals surface area contributed by atoms with Crippen molar-refractivity contribution in [2.45, 2.75) is 38.6 Å². The molecule has 0 bridgehead atoms. The van der Waals surface area contributed by atoms with E-state index in [0.29, 0.717) is 11.0 Å². The molecule has 1 fully saturated rings. The fourth-order valence-corrected chi connectivity index (χ4v) is 1.51. The molecular weight excluding hydrogens is 184 g/mol. The Morgan fingerprint density at radius 2 is 2.23 bits per heavy atom. The van der Waals surface area contributed by atoms with Crippen LogP contribution in [0.1, 0.15) is 32.6 Å². The van der Waals surface area contributed by atoms with Gasteiger partial charge in [-0.25, -0.2) is 0 Å². The van der Waals surface area contributed by atoms with Gasteiger partial charge < -0.3 is 10.6 Å². The number of thiocarbonyl (C=S) groups is 1. The van der Waals surface area contributed by atoms with E-state index in [1.54, 1.807) is 0 Å². The van der Waals surface area contributed by atoms with E-state index in [-0.39, 0.29) is 12.3 Å². The van der Waals surface area contributed by atoms with Gasteiger partial charge in [-0.3, -0.25) is 4.79 Å². The van der Waals surface area contributed by atoms with Crippen LogP contribution < -0.4 is 5.73 Å². The zero-order chi connectivity index (χ0) is 9.84. The van der Waals surface area contributed by atoms with Crippen LogP contribution in [0.15, 0.2) is 0 Å². The molecule has 0 unspecified atom stereocenters. The second-order valence-electron chi connectivity index (χ2n) is 3.46. The van der Waals surface area contributed by atoms with Gasteiger partial charge in [0, 0.05) is 12.6 Å². The number of nitrogens with two attached hydrogens (primary N) is 1. The maximum atomic E-state index is 11.6. The van der Waals surface area contributed by atoms with Crippen molar-refractivity contribution in [1.29, 1.82) is 0 Å². The van der Waals surface area contributed by atoms with E-state index < -0.39 is 0 Å². The Morgan fingerprint density at radius 3 is 2.62 bits per heavy atom. The molecule has 13 heavy (non-hydrogen) atoms. The Kier molecular flexibility index (Phi) is 3.66. The molecule has 0 aromatic heterocycles. The Bertz CT molecular complexity index is 214. The molecule has 1 aliphatic carbocycles. The molecule has 74 valence electrons. The first kappa shape index (κ1) is 10.4. The number of amides is 1. The van der Waals surface area contributed by atoms with Gasteiger partial charge in [0.15, 0.2) is 0 Å². The van der Waals surface area contributed by atoms with Gasteiger partial charge in [0.1, 0.15) is 0 Å². The number of carbonyl (C=O) groups is 1. The highest BCUT2D eigenvalue weighted by Gasteiger charge is 2.31. The van der Waals surface area contributed by atoms with Crippen LogP contribution in [0.4, 0.5) is 0 Å². The first-order valence-corrected chi connectivity index (χ1v) is 5.13. The summed E-state index contributed by atoms with van der Waals surface area (Å²) in [6.45, 7) is 2.91. The lowest BCUT2D eigenvalue weighted by Crippen LogP contribution is -2.35. The second kappa shape index (κ2) is 4.56. The van der Waals surface area contributed by atoms with Gasteiger partial charge in [0.25, 0.3) is 0 Å². The summed E-state index contributed by atoms with van der Waals surface area (Å²) in [6, 6.07) is 0.474. The van der Waals surface area contributed by atoms with Gasteiger partial charge in [0.05, 0.1) is 11.4 Å². The van der Waals surface area contributed by atoms with Crippen LogP contribution in [0, 0.1) is 0 Å². The van der Waals surface area contributed by atoms with Crippen molar-refractivity contribution < 1.29 is 4.79 Å². The first-order valence-electron chi connectivity index (χ1n) is 4.73. The van der Waals surface area contributed by atoms with E-state index >= 15 is 0 Å². The molecule has 1 saturated carbocycles. The molecule has 0 aromatic carbocycles. The Hall–Kier alpha value is -0.640. The van der Waals surface area contributed by atoms with Crippen LogP contribution in [0.5, 0.6) is 0 Å². The van der Waals surface area contributed by atoms with E-state index in [0.717, 1.165) is 25.8 Å². The number of nitrogens with zero attached hydrogens (tertiary/aromatic N) is 1. The molecule has 1 rings (SSSR count). The predicted octanol–water partition coefficient (Wildman–Crippen LogP) is 1.06. The van der Waals surface area contributed by atoms with Gasteiger partial charge in [-0.1, -0.05) is 19.1 Å². The van der Waals surface area contributed by atoms with E-state index in [9.17, 15) is 4.79 Å². The van der Waals surface area contributed by atoms with Crippen LogP contribution in [0.2, 0.25) is 0 Å². The van der Waals surface area contributed by atoms with Crippen LogP contribution >= 0.6 is 12.2 Å². The highest BCUT2D eigenvalue weighted by atomic mass is 32.1. The standard InChI is InChI=1S/C9H16N2OS/c1-2-5-11(7-3-4-7)9(12)6-8(10)13/h7H,2-6H2,1H3,(H2,10,13). The van der Waals surface area contributed by atoms with Crippen molar-refractivity contribution in [3.05, 3.63) is 0 Å². The lowest BCUT2D eigenvalue weighted by Gasteiger charge is -2.21. The SMILES string of the molecule is CCCN(C(=O)CC(N)=S)C1CC1. The highest BCUT2D eigenvalue weighted by molar-refractivity contribution is 7.80. The molecule has 4 heteroatoms. The van der Waals surface area contributed by atoms with Crippen molar-refractivity contribution in [2.24, 2.45) is 5.73 Å². The van der Waals surface area contributed by atoms with Gasteiger partial charge in [-0.15, -0.1) is 0 Å². The van der Waals surface area contributed by atoms with E-state index in [4.69, 9.17) is 18.0 Å². The Morgan fingerprint density at radius 1 is 1.62 bits per heavy atom. The van der Waals surface area contributed by atoms with Crippen molar-refractivity contribution in [3.8, 4) is 0 Å². The van der Waals surface area contributed by atoms with Gasteiger partial charge in [0.2, 0.25) is 5.91 Å². The maximum absolute atomic E-state index is 11.6. The lowest BCUT2D eigenvalue weighted by molar-refractivity contribution is -0.130. The van der Waals surface area contributed by atoms with Crippen LogP contribution in [-0.4, -0.2) is 28.4 Å². The number of hydrogen-bond donors (Lipinski definition) is 1. The third kappa shape index (κ3) is 3.30. The average Bonchev–Trinajstić information content (AvgIpc) is 2.81. The monoisotopic (exact) mass is 200 g/mol.